The molecule has 0 spiro atoms. The van der Waals surface area contributed by atoms with E-state index in [9.17, 15) is 9.90 Å². The van der Waals surface area contributed by atoms with Gasteiger partial charge in [-0.1, -0.05) is 70.1 Å². The first-order valence-electron chi connectivity index (χ1n) is 10.4. The number of allylic oxidation sites excluding steroid dienone is 1. The Morgan fingerprint density at radius 2 is 1.61 bits per heavy atom. The van der Waals surface area contributed by atoms with Gasteiger partial charge in [-0.3, -0.25) is 4.79 Å². The first kappa shape index (κ1) is 22.3. The van der Waals surface area contributed by atoms with Crippen molar-refractivity contribution in [2.75, 3.05) is 5.75 Å². The summed E-state index contributed by atoms with van der Waals surface area (Å²) < 4.78 is 0. The molecule has 2 aromatic carbocycles. The molecule has 1 N–H and O–H groups in total. The summed E-state index contributed by atoms with van der Waals surface area (Å²) in [5, 5.41) is 9.47. The highest BCUT2D eigenvalue weighted by Gasteiger charge is 2.02. The number of carbonyl (C=O) groups excluding carboxylic acids is 1. The van der Waals surface area contributed by atoms with Crippen molar-refractivity contribution < 1.29 is 9.90 Å². The third kappa shape index (κ3) is 8.79. The molecule has 0 aromatic heterocycles. The van der Waals surface area contributed by atoms with E-state index in [1.807, 2.05) is 42.1 Å². The van der Waals surface area contributed by atoms with E-state index in [-0.39, 0.29) is 11.5 Å². The Morgan fingerprint density at radius 1 is 0.929 bits per heavy atom. The van der Waals surface area contributed by atoms with Crippen LogP contribution in [0.25, 0.3) is 6.08 Å². The number of carbonyl (C=O) groups is 1. The minimum Gasteiger partial charge on any atom is -0.508 e. The molecule has 2 aromatic rings. The lowest BCUT2D eigenvalue weighted by atomic mass is 10.1. The maximum atomic E-state index is 12.3. The minimum absolute atomic E-state index is 0.0250. The van der Waals surface area contributed by atoms with Crippen LogP contribution in [0.1, 0.15) is 74.2 Å². The number of unbranched alkanes of at least 4 members (excludes halogenated alkanes) is 7. The molecule has 0 unspecified atom stereocenters. The second-order valence-electron chi connectivity index (χ2n) is 7.14. The number of thioether (sulfide) groups is 1. The van der Waals surface area contributed by atoms with Crippen LogP contribution in [-0.2, 0) is 0 Å². The quantitative estimate of drug-likeness (QED) is 0.165. The first-order chi connectivity index (χ1) is 13.7. The van der Waals surface area contributed by atoms with Gasteiger partial charge in [-0.25, -0.2) is 0 Å². The van der Waals surface area contributed by atoms with Crippen LogP contribution in [0.15, 0.2) is 59.5 Å². The molecule has 0 saturated heterocycles. The van der Waals surface area contributed by atoms with Gasteiger partial charge in [0, 0.05) is 10.5 Å². The van der Waals surface area contributed by atoms with Crippen LogP contribution in [0.5, 0.6) is 5.75 Å². The van der Waals surface area contributed by atoms with Gasteiger partial charge in [-0.05, 0) is 60.2 Å². The molecule has 0 saturated carbocycles. The fraction of sp³-hybridized carbons (Fsp3) is 0.400. The molecule has 0 fully saturated rings. The molecule has 28 heavy (non-hydrogen) atoms. The fourth-order valence-electron chi connectivity index (χ4n) is 3.04. The third-order valence-electron chi connectivity index (χ3n) is 4.70. The van der Waals surface area contributed by atoms with E-state index in [0.29, 0.717) is 5.56 Å². The van der Waals surface area contributed by atoms with Crippen molar-refractivity contribution in [1.29, 1.82) is 0 Å². The maximum absolute atomic E-state index is 12.3. The lowest BCUT2D eigenvalue weighted by molar-refractivity contribution is 0.104. The zero-order chi connectivity index (χ0) is 20.0. The SMILES string of the molecule is CCCCCCCCCCSc1ccc(C(=O)/C=C/c2cccc(O)c2)cc1. The van der Waals surface area contributed by atoms with Crippen molar-refractivity contribution in [2.45, 2.75) is 63.2 Å². The van der Waals surface area contributed by atoms with Crippen molar-refractivity contribution in [3.63, 3.8) is 0 Å². The lowest BCUT2D eigenvalue weighted by Crippen LogP contribution is -1.93. The highest BCUT2D eigenvalue weighted by molar-refractivity contribution is 7.99. The average Bonchev–Trinajstić information content (AvgIpc) is 2.71. The second kappa shape index (κ2) is 13.2. The number of hydrogen-bond acceptors (Lipinski definition) is 3. The summed E-state index contributed by atoms with van der Waals surface area (Å²) in [6.45, 7) is 2.26. The maximum Gasteiger partial charge on any atom is 0.185 e. The summed E-state index contributed by atoms with van der Waals surface area (Å²) in [6, 6.07) is 14.7. The van der Waals surface area contributed by atoms with Crippen LogP contribution in [0.4, 0.5) is 0 Å². The summed E-state index contributed by atoms with van der Waals surface area (Å²) in [6.07, 6.45) is 14.0. The fourth-order valence-corrected chi connectivity index (χ4v) is 3.95. The van der Waals surface area contributed by atoms with E-state index < -0.39 is 0 Å². The van der Waals surface area contributed by atoms with E-state index in [1.54, 1.807) is 30.4 Å². The molecule has 2 rings (SSSR count). The summed E-state index contributed by atoms with van der Waals surface area (Å²) in [5.74, 6) is 1.31. The second-order valence-corrected chi connectivity index (χ2v) is 8.31. The van der Waals surface area contributed by atoms with Gasteiger partial charge in [0.25, 0.3) is 0 Å². The van der Waals surface area contributed by atoms with E-state index in [0.717, 1.165) is 11.3 Å². The van der Waals surface area contributed by atoms with E-state index in [4.69, 9.17) is 0 Å². The molecule has 0 radical (unpaired) electrons. The monoisotopic (exact) mass is 396 g/mol. The van der Waals surface area contributed by atoms with E-state index >= 15 is 0 Å². The van der Waals surface area contributed by atoms with Gasteiger partial charge in [0.15, 0.2) is 5.78 Å². The Hall–Kier alpha value is -2.00. The van der Waals surface area contributed by atoms with Gasteiger partial charge in [-0.2, -0.15) is 0 Å². The number of phenolic OH excluding ortho intramolecular Hbond substituents is 1. The zero-order valence-corrected chi connectivity index (χ0v) is 17.7. The molecule has 3 heteroatoms. The predicted octanol–water partition coefficient (Wildman–Crippen LogP) is 7.52. The highest BCUT2D eigenvalue weighted by atomic mass is 32.2. The first-order valence-corrected chi connectivity index (χ1v) is 11.4. The largest absolute Gasteiger partial charge is 0.508 e. The predicted molar refractivity (Wildman–Crippen MR) is 121 cm³/mol. The van der Waals surface area contributed by atoms with Gasteiger partial charge in [-0.15, -0.1) is 11.8 Å². The van der Waals surface area contributed by atoms with Gasteiger partial charge < -0.3 is 5.11 Å². The Morgan fingerprint density at radius 3 is 2.29 bits per heavy atom. The molecule has 0 aliphatic carbocycles. The zero-order valence-electron chi connectivity index (χ0n) is 16.9. The summed E-state index contributed by atoms with van der Waals surface area (Å²) >= 11 is 1.87. The number of hydrogen-bond donors (Lipinski definition) is 1. The Labute approximate surface area is 174 Å². The third-order valence-corrected chi connectivity index (χ3v) is 5.80. The Kier molecular flexibility index (Phi) is 10.5. The molecule has 150 valence electrons. The lowest BCUT2D eigenvalue weighted by Gasteiger charge is -2.04. The van der Waals surface area contributed by atoms with Crippen LogP contribution >= 0.6 is 11.8 Å². The molecule has 0 aliphatic rings. The molecule has 2 nitrogen and oxygen atoms in total. The number of ketones is 1. The molecule has 0 aliphatic heterocycles. The highest BCUT2D eigenvalue weighted by Crippen LogP contribution is 2.21. The van der Waals surface area contributed by atoms with E-state index in [2.05, 4.69) is 6.92 Å². The summed E-state index contributed by atoms with van der Waals surface area (Å²) in [4.78, 5) is 13.5. The van der Waals surface area contributed by atoms with Crippen LogP contribution in [-0.4, -0.2) is 16.6 Å². The van der Waals surface area contributed by atoms with Gasteiger partial charge in [0.2, 0.25) is 0 Å². The van der Waals surface area contributed by atoms with Crippen molar-refractivity contribution in [1.82, 2.24) is 0 Å². The summed E-state index contributed by atoms with van der Waals surface area (Å²) in [7, 11) is 0. The number of rotatable bonds is 13. The van der Waals surface area contributed by atoms with Crippen LogP contribution in [0, 0.1) is 0 Å². The van der Waals surface area contributed by atoms with Crippen molar-refractivity contribution in [2.24, 2.45) is 0 Å². The number of benzene rings is 2. The Bertz CT molecular complexity index is 734. The van der Waals surface area contributed by atoms with Gasteiger partial charge in [0.05, 0.1) is 0 Å². The van der Waals surface area contributed by atoms with Gasteiger partial charge >= 0.3 is 0 Å². The molecule has 0 atom stereocenters. The average molecular weight is 397 g/mol. The summed E-state index contributed by atoms with van der Waals surface area (Å²) in [5.41, 5.74) is 1.50. The molecule has 0 amide bonds. The standard InChI is InChI=1S/C25H32O2S/c1-2-3-4-5-6-7-8-9-19-28-24-16-14-22(15-17-24)25(27)18-13-21-11-10-12-23(26)20-21/h10-18,20,26H,2-9,19H2,1H3/b18-13+. The number of phenols is 1. The Balaban J connectivity index is 1.67. The van der Waals surface area contributed by atoms with Crippen LogP contribution < -0.4 is 0 Å². The van der Waals surface area contributed by atoms with Crippen molar-refractivity contribution in [3.05, 3.63) is 65.7 Å². The van der Waals surface area contributed by atoms with E-state index in [1.165, 1.54) is 56.3 Å². The van der Waals surface area contributed by atoms with Crippen LogP contribution in [0.3, 0.4) is 0 Å². The normalized spacial score (nSPS) is 11.2. The smallest absolute Gasteiger partial charge is 0.185 e. The molecular weight excluding hydrogens is 364 g/mol. The molecule has 0 bridgehead atoms. The van der Waals surface area contributed by atoms with Gasteiger partial charge in [0.1, 0.15) is 5.75 Å². The molecular formula is C25H32O2S. The topological polar surface area (TPSA) is 37.3 Å². The molecule has 0 heterocycles. The van der Waals surface area contributed by atoms with Crippen molar-refractivity contribution >= 4 is 23.6 Å². The minimum atomic E-state index is -0.0250. The van der Waals surface area contributed by atoms with Crippen molar-refractivity contribution in [3.8, 4) is 5.75 Å². The van der Waals surface area contributed by atoms with Crippen LogP contribution in [0.2, 0.25) is 0 Å². The number of aromatic hydroxyl groups is 1.